The molecule has 0 unspecified atom stereocenters. The molecular formula is C7H10. The van der Waals surface area contributed by atoms with Gasteiger partial charge in [-0.2, -0.15) is 0 Å². The Labute approximate surface area is 45.6 Å². The van der Waals surface area contributed by atoms with Crippen LogP contribution in [-0.2, 0) is 0 Å². The van der Waals surface area contributed by atoms with E-state index < -0.39 is 0 Å². The Kier molecular flexibility index (Phi) is 26.5. The maximum absolute atomic E-state index is 4.60. The first-order chi connectivity index (χ1) is 3.33. The van der Waals surface area contributed by atoms with Gasteiger partial charge in [0.05, 0.1) is 0 Å². The second-order valence-corrected chi connectivity index (χ2v) is 0.760. The Morgan fingerprint density at radius 2 is 1.57 bits per heavy atom. The summed E-state index contributed by atoms with van der Waals surface area (Å²) in [6, 6.07) is 0. The summed E-state index contributed by atoms with van der Waals surface area (Å²) in [4.78, 5) is 0. The number of rotatable bonds is 1. The average molecular weight is 94.2 g/mol. The molecule has 0 amide bonds. The Bertz CT molecular complexity index is 66.5. The third-order valence-electron chi connectivity index (χ3n) is 0.167. The van der Waals surface area contributed by atoms with Crippen molar-refractivity contribution < 1.29 is 0 Å². The first-order valence-electron chi connectivity index (χ1n) is 1.94. The molecule has 0 aliphatic heterocycles. The van der Waals surface area contributed by atoms with Crippen molar-refractivity contribution in [1.29, 1.82) is 0 Å². The minimum Gasteiger partial charge on any atom is -0.120 e. The molecule has 0 atom stereocenters. The van der Waals surface area contributed by atoms with E-state index in [9.17, 15) is 0 Å². The fourth-order valence-electron chi connectivity index (χ4n) is 0. The number of hydrogen-bond donors (Lipinski definition) is 0. The molecule has 38 valence electrons. The summed E-state index contributed by atoms with van der Waals surface area (Å²) in [5.74, 6) is 2.25. The number of terminal acetylenes is 1. The lowest BCUT2D eigenvalue weighted by molar-refractivity contribution is 1.94. The summed E-state index contributed by atoms with van der Waals surface area (Å²) in [5, 5.41) is 0. The molecule has 0 N–H and O–H groups in total. The smallest absolute Gasteiger partial charge is 0.00297 e. The molecule has 0 spiro atoms. The van der Waals surface area contributed by atoms with Crippen LogP contribution in [0.3, 0.4) is 0 Å². The zero-order valence-corrected chi connectivity index (χ0v) is 4.65. The lowest BCUT2D eigenvalue weighted by Gasteiger charge is -1.44. The van der Waals surface area contributed by atoms with E-state index in [2.05, 4.69) is 25.5 Å². The van der Waals surface area contributed by atoms with Gasteiger partial charge in [-0.15, -0.1) is 12.3 Å². The van der Waals surface area contributed by atoms with Gasteiger partial charge >= 0.3 is 0 Å². The molecule has 0 aromatic rings. The van der Waals surface area contributed by atoms with Crippen molar-refractivity contribution in [3.05, 3.63) is 25.3 Å². The van der Waals surface area contributed by atoms with Crippen LogP contribution in [-0.4, -0.2) is 0 Å². The van der Waals surface area contributed by atoms with E-state index in [1.807, 2.05) is 0 Å². The second-order valence-electron chi connectivity index (χ2n) is 0.760. The van der Waals surface area contributed by atoms with Crippen LogP contribution in [0.25, 0.3) is 0 Å². The summed E-state index contributed by atoms with van der Waals surface area (Å²) in [7, 11) is 0. The van der Waals surface area contributed by atoms with Gasteiger partial charge < -0.3 is 0 Å². The normalized spacial score (nSPS) is 4.00. The Morgan fingerprint density at radius 3 is 1.57 bits per heavy atom. The van der Waals surface area contributed by atoms with Gasteiger partial charge in [0.1, 0.15) is 0 Å². The van der Waals surface area contributed by atoms with Gasteiger partial charge in [-0.25, -0.2) is 0 Å². The summed E-state index contributed by atoms with van der Waals surface area (Å²) >= 11 is 0. The van der Waals surface area contributed by atoms with E-state index in [4.69, 9.17) is 0 Å². The summed E-state index contributed by atoms with van der Waals surface area (Å²) in [5.41, 5.74) is 0. The zero-order valence-electron chi connectivity index (χ0n) is 4.65. The molecule has 0 saturated heterocycles. The minimum absolute atomic E-state index is 1.64. The third-order valence-corrected chi connectivity index (χ3v) is 0.167. The van der Waals surface area contributed by atoms with Gasteiger partial charge in [0.2, 0.25) is 0 Å². The molecule has 0 radical (unpaired) electrons. The van der Waals surface area contributed by atoms with Crippen LogP contribution in [0, 0.1) is 12.3 Å². The van der Waals surface area contributed by atoms with E-state index >= 15 is 0 Å². The minimum atomic E-state index is 1.64. The molecule has 0 rings (SSSR count). The zero-order chi connectivity index (χ0) is 6.12. The van der Waals surface area contributed by atoms with Crippen molar-refractivity contribution in [2.45, 2.75) is 6.92 Å². The van der Waals surface area contributed by atoms with Crippen LogP contribution in [0.15, 0.2) is 25.3 Å². The molecule has 0 heterocycles. The van der Waals surface area contributed by atoms with Crippen LogP contribution in [0.4, 0.5) is 0 Å². The van der Waals surface area contributed by atoms with Gasteiger partial charge in [0.15, 0.2) is 0 Å². The molecule has 0 nitrogen and oxygen atoms in total. The van der Waals surface area contributed by atoms with Crippen molar-refractivity contribution in [1.82, 2.24) is 0 Å². The Morgan fingerprint density at radius 1 is 1.43 bits per heavy atom. The van der Waals surface area contributed by atoms with Crippen LogP contribution >= 0.6 is 0 Å². The SMILES string of the molecule is C#CC.C=CC=C. The fraction of sp³-hybridized carbons (Fsp3) is 0.143. The number of hydrogen-bond acceptors (Lipinski definition) is 0. The monoisotopic (exact) mass is 94.1 g/mol. The lowest BCUT2D eigenvalue weighted by Crippen LogP contribution is -1.21. The maximum atomic E-state index is 4.60. The van der Waals surface area contributed by atoms with E-state index in [-0.39, 0.29) is 0 Å². The van der Waals surface area contributed by atoms with E-state index in [0.29, 0.717) is 0 Å². The van der Waals surface area contributed by atoms with E-state index in [1.54, 1.807) is 19.1 Å². The van der Waals surface area contributed by atoms with Gasteiger partial charge in [-0.05, 0) is 6.92 Å². The third kappa shape index (κ3) is 29100. The first-order valence-corrected chi connectivity index (χ1v) is 1.94. The van der Waals surface area contributed by atoms with Gasteiger partial charge in [-0.1, -0.05) is 25.3 Å². The highest BCUT2D eigenvalue weighted by atomic mass is 13.4. The van der Waals surface area contributed by atoms with E-state index in [1.165, 1.54) is 0 Å². The van der Waals surface area contributed by atoms with Crippen molar-refractivity contribution in [3.63, 3.8) is 0 Å². The van der Waals surface area contributed by atoms with Crippen molar-refractivity contribution in [3.8, 4) is 12.3 Å². The summed E-state index contributed by atoms with van der Waals surface area (Å²) in [6.45, 7) is 8.38. The fourth-order valence-corrected chi connectivity index (χ4v) is 0. The Hall–Kier alpha value is -0.960. The standard InChI is InChI=1S/C4H6.C3H4/c1-3-4-2;1-3-2/h3-4H,1-2H2;1H,2H3. The van der Waals surface area contributed by atoms with Crippen LogP contribution in [0.2, 0.25) is 0 Å². The van der Waals surface area contributed by atoms with Gasteiger partial charge in [-0.3, -0.25) is 0 Å². The highest BCUT2D eigenvalue weighted by molar-refractivity contribution is 4.88. The Balaban J connectivity index is 0. The molecule has 0 aliphatic carbocycles. The van der Waals surface area contributed by atoms with Crippen LogP contribution in [0.5, 0.6) is 0 Å². The average Bonchev–Trinajstić information content (AvgIpc) is 1.69. The van der Waals surface area contributed by atoms with Crippen molar-refractivity contribution in [2.24, 2.45) is 0 Å². The maximum Gasteiger partial charge on any atom is -0.00297 e. The lowest BCUT2D eigenvalue weighted by atomic mass is 10.6. The molecule has 0 fully saturated rings. The topological polar surface area (TPSA) is 0 Å². The summed E-state index contributed by atoms with van der Waals surface area (Å²) in [6.07, 6.45) is 7.88. The van der Waals surface area contributed by atoms with Gasteiger partial charge in [0.25, 0.3) is 0 Å². The predicted octanol–water partition coefficient (Wildman–Crippen LogP) is 2.00. The molecular weight excluding hydrogens is 84.1 g/mol. The van der Waals surface area contributed by atoms with Crippen molar-refractivity contribution in [2.75, 3.05) is 0 Å². The van der Waals surface area contributed by atoms with E-state index in [0.717, 1.165) is 0 Å². The highest BCUT2D eigenvalue weighted by Crippen LogP contribution is 1.52. The number of allylic oxidation sites excluding steroid dienone is 2. The molecule has 0 bridgehead atoms. The van der Waals surface area contributed by atoms with Crippen LogP contribution in [0.1, 0.15) is 6.92 Å². The first kappa shape index (κ1) is 9.40. The predicted molar refractivity (Wildman–Crippen MR) is 34.9 cm³/mol. The van der Waals surface area contributed by atoms with Gasteiger partial charge in [0, 0.05) is 0 Å². The molecule has 0 aromatic heterocycles. The summed E-state index contributed by atoms with van der Waals surface area (Å²) < 4.78 is 0. The highest BCUT2D eigenvalue weighted by Gasteiger charge is 1.29. The molecule has 7 heavy (non-hydrogen) atoms. The molecule has 0 heteroatoms. The largest absolute Gasteiger partial charge is 0.120 e. The quantitative estimate of drug-likeness (QED) is 0.344. The molecule has 0 saturated carbocycles. The molecule has 0 aliphatic rings. The van der Waals surface area contributed by atoms with Crippen molar-refractivity contribution >= 4 is 0 Å². The van der Waals surface area contributed by atoms with Crippen LogP contribution < -0.4 is 0 Å². The second kappa shape index (κ2) is 19.8. The molecule has 0 aromatic carbocycles.